The van der Waals surface area contributed by atoms with Gasteiger partial charge in [0.25, 0.3) is 0 Å². The van der Waals surface area contributed by atoms with Crippen molar-refractivity contribution in [3.8, 4) is 0 Å². The number of likely N-dealkylation sites (N-methyl/N-ethyl adjacent to an activating group) is 1. The van der Waals surface area contributed by atoms with Crippen molar-refractivity contribution in [2.75, 3.05) is 13.1 Å². The van der Waals surface area contributed by atoms with E-state index in [9.17, 15) is 14.9 Å². The Labute approximate surface area is 92.0 Å². The Morgan fingerprint density at radius 2 is 2.19 bits per heavy atom. The third kappa shape index (κ3) is 2.75. The van der Waals surface area contributed by atoms with Crippen LogP contribution < -0.4 is 0 Å². The molecule has 1 rings (SSSR count). The third-order valence-corrected chi connectivity index (χ3v) is 2.13. The Morgan fingerprint density at radius 3 is 2.62 bits per heavy atom. The standard InChI is InChI=1S/C8H13N5O3/c1-3-11(4-2)8(14)6-12-5-7(9-10-12)13(15)16/h5H,3-4,6H2,1-2H3. The molecular weight excluding hydrogens is 214 g/mol. The Balaban J connectivity index is 2.65. The van der Waals surface area contributed by atoms with Gasteiger partial charge in [-0.3, -0.25) is 4.79 Å². The molecular formula is C8H13N5O3. The van der Waals surface area contributed by atoms with Crippen LogP contribution in [-0.4, -0.2) is 43.8 Å². The second kappa shape index (κ2) is 5.19. The first-order chi connectivity index (χ1) is 7.58. The van der Waals surface area contributed by atoms with E-state index >= 15 is 0 Å². The number of carbonyl (C=O) groups is 1. The van der Waals surface area contributed by atoms with Crippen LogP contribution in [0.1, 0.15) is 13.8 Å². The van der Waals surface area contributed by atoms with Gasteiger partial charge in [-0.2, -0.15) is 0 Å². The van der Waals surface area contributed by atoms with E-state index in [4.69, 9.17) is 0 Å². The van der Waals surface area contributed by atoms with Crippen LogP contribution in [-0.2, 0) is 11.3 Å². The highest BCUT2D eigenvalue weighted by Gasteiger charge is 2.16. The van der Waals surface area contributed by atoms with Gasteiger partial charge in [0.1, 0.15) is 17.8 Å². The number of nitrogens with zero attached hydrogens (tertiary/aromatic N) is 5. The van der Waals surface area contributed by atoms with Crippen molar-refractivity contribution in [1.29, 1.82) is 0 Å². The maximum atomic E-state index is 11.6. The molecule has 0 spiro atoms. The van der Waals surface area contributed by atoms with Crippen molar-refractivity contribution < 1.29 is 9.72 Å². The molecule has 0 aromatic carbocycles. The monoisotopic (exact) mass is 227 g/mol. The molecule has 0 aliphatic heterocycles. The molecule has 8 nitrogen and oxygen atoms in total. The summed E-state index contributed by atoms with van der Waals surface area (Å²) in [5.74, 6) is -0.489. The zero-order chi connectivity index (χ0) is 12.1. The van der Waals surface area contributed by atoms with Crippen LogP contribution in [0.5, 0.6) is 0 Å². The lowest BCUT2D eigenvalue weighted by Gasteiger charge is -2.17. The molecule has 0 unspecified atom stereocenters. The average molecular weight is 227 g/mol. The summed E-state index contributed by atoms with van der Waals surface area (Å²) in [6, 6.07) is 0. The molecule has 0 atom stereocenters. The van der Waals surface area contributed by atoms with Crippen LogP contribution in [0.4, 0.5) is 5.82 Å². The van der Waals surface area contributed by atoms with Gasteiger partial charge in [-0.15, -0.1) is 0 Å². The van der Waals surface area contributed by atoms with Gasteiger partial charge >= 0.3 is 5.82 Å². The highest BCUT2D eigenvalue weighted by Crippen LogP contribution is 2.03. The minimum absolute atomic E-state index is 0.0253. The molecule has 0 aliphatic rings. The number of hydrogen-bond donors (Lipinski definition) is 0. The van der Waals surface area contributed by atoms with Gasteiger partial charge in [-0.25, -0.2) is 4.68 Å². The molecule has 1 aromatic heterocycles. The summed E-state index contributed by atoms with van der Waals surface area (Å²) in [5.41, 5.74) is 0. The number of hydrogen-bond acceptors (Lipinski definition) is 5. The highest BCUT2D eigenvalue weighted by atomic mass is 16.6. The van der Waals surface area contributed by atoms with Gasteiger partial charge in [0.15, 0.2) is 0 Å². The van der Waals surface area contributed by atoms with Gasteiger partial charge in [0, 0.05) is 13.1 Å². The molecule has 1 aromatic rings. The van der Waals surface area contributed by atoms with Gasteiger partial charge in [-0.1, -0.05) is 0 Å². The van der Waals surface area contributed by atoms with E-state index in [1.54, 1.807) is 4.90 Å². The van der Waals surface area contributed by atoms with E-state index in [0.29, 0.717) is 13.1 Å². The summed E-state index contributed by atoms with van der Waals surface area (Å²) in [7, 11) is 0. The van der Waals surface area contributed by atoms with Gasteiger partial charge < -0.3 is 15.0 Å². The Kier molecular flexibility index (Phi) is 3.92. The molecule has 0 radical (unpaired) electrons. The summed E-state index contributed by atoms with van der Waals surface area (Å²) in [6.45, 7) is 4.91. The summed E-state index contributed by atoms with van der Waals surface area (Å²) >= 11 is 0. The van der Waals surface area contributed by atoms with Gasteiger partial charge in [0.2, 0.25) is 5.91 Å². The number of rotatable bonds is 5. The normalized spacial score (nSPS) is 10.1. The van der Waals surface area contributed by atoms with Gasteiger partial charge in [-0.05, 0) is 18.8 Å². The molecule has 1 amide bonds. The molecule has 0 saturated heterocycles. The summed E-state index contributed by atoms with van der Waals surface area (Å²) in [6.07, 6.45) is 1.14. The van der Waals surface area contributed by atoms with Crippen molar-refractivity contribution >= 4 is 11.7 Å². The van der Waals surface area contributed by atoms with E-state index in [-0.39, 0.29) is 18.3 Å². The topological polar surface area (TPSA) is 94.2 Å². The quantitative estimate of drug-likeness (QED) is 0.523. The molecule has 8 heteroatoms. The van der Waals surface area contributed by atoms with Crippen molar-refractivity contribution in [3.05, 3.63) is 16.3 Å². The Hall–Kier alpha value is -1.99. The number of carbonyl (C=O) groups excluding carboxylic acids is 1. The maximum Gasteiger partial charge on any atom is 0.410 e. The molecule has 1 heterocycles. The number of amides is 1. The van der Waals surface area contributed by atoms with E-state index in [0.717, 1.165) is 6.20 Å². The van der Waals surface area contributed by atoms with Crippen LogP contribution in [0.25, 0.3) is 0 Å². The van der Waals surface area contributed by atoms with Crippen molar-refractivity contribution in [2.24, 2.45) is 0 Å². The summed E-state index contributed by atoms with van der Waals surface area (Å²) in [5, 5.41) is 17.2. The van der Waals surface area contributed by atoms with Crippen LogP contribution >= 0.6 is 0 Å². The second-order valence-electron chi connectivity index (χ2n) is 3.10. The Bertz CT molecular complexity index is 385. The van der Waals surface area contributed by atoms with Gasteiger partial charge in [0.05, 0.1) is 5.21 Å². The minimum atomic E-state index is -0.647. The second-order valence-corrected chi connectivity index (χ2v) is 3.10. The van der Waals surface area contributed by atoms with Crippen LogP contribution in [0.2, 0.25) is 0 Å². The van der Waals surface area contributed by atoms with Crippen molar-refractivity contribution in [1.82, 2.24) is 19.9 Å². The first-order valence-corrected chi connectivity index (χ1v) is 4.90. The largest absolute Gasteiger partial charge is 0.410 e. The molecule has 0 N–H and O–H groups in total. The molecule has 0 aliphatic carbocycles. The number of nitro groups is 1. The zero-order valence-electron chi connectivity index (χ0n) is 9.16. The predicted molar refractivity (Wildman–Crippen MR) is 54.6 cm³/mol. The van der Waals surface area contributed by atoms with Crippen LogP contribution in [0.3, 0.4) is 0 Å². The van der Waals surface area contributed by atoms with Crippen LogP contribution in [0, 0.1) is 10.1 Å². The first kappa shape index (κ1) is 12.1. The predicted octanol–water partition coefficient (Wildman–Crippen LogP) is 0.0547. The maximum absolute atomic E-state index is 11.6. The Morgan fingerprint density at radius 1 is 1.56 bits per heavy atom. The summed E-state index contributed by atoms with van der Waals surface area (Å²) in [4.78, 5) is 22.9. The lowest BCUT2D eigenvalue weighted by Crippen LogP contribution is -2.33. The molecule has 88 valence electrons. The fourth-order valence-electron chi connectivity index (χ4n) is 1.26. The first-order valence-electron chi connectivity index (χ1n) is 4.90. The highest BCUT2D eigenvalue weighted by molar-refractivity contribution is 5.75. The molecule has 16 heavy (non-hydrogen) atoms. The smallest absolute Gasteiger partial charge is 0.358 e. The lowest BCUT2D eigenvalue weighted by atomic mass is 10.4. The minimum Gasteiger partial charge on any atom is -0.358 e. The SMILES string of the molecule is CCN(CC)C(=O)Cn1cc([N+](=O)[O-])nn1. The van der Waals surface area contributed by atoms with Crippen molar-refractivity contribution in [3.63, 3.8) is 0 Å². The van der Waals surface area contributed by atoms with E-state index < -0.39 is 4.92 Å². The molecule has 0 fully saturated rings. The third-order valence-electron chi connectivity index (χ3n) is 2.13. The fourth-order valence-corrected chi connectivity index (χ4v) is 1.26. The fraction of sp³-hybridized carbons (Fsp3) is 0.625. The zero-order valence-corrected chi connectivity index (χ0v) is 9.16. The molecule has 0 bridgehead atoms. The van der Waals surface area contributed by atoms with Crippen LogP contribution in [0.15, 0.2) is 6.20 Å². The van der Waals surface area contributed by atoms with E-state index in [1.807, 2.05) is 13.8 Å². The molecule has 0 saturated carbocycles. The van der Waals surface area contributed by atoms with E-state index in [1.165, 1.54) is 4.68 Å². The number of aromatic nitrogens is 3. The van der Waals surface area contributed by atoms with E-state index in [2.05, 4.69) is 10.3 Å². The van der Waals surface area contributed by atoms with Crippen molar-refractivity contribution in [2.45, 2.75) is 20.4 Å². The average Bonchev–Trinajstić information content (AvgIpc) is 2.68. The lowest BCUT2D eigenvalue weighted by molar-refractivity contribution is -0.389. The summed E-state index contributed by atoms with van der Waals surface area (Å²) < 4.78 is 1.17.